The van der Waals surface area contributed by atoms with Crippen LogP contribution in [0.4, 0.5) is 0 Å². The van der Waals surface area contributed by atoms with Gasteiger partial charge >= 0.3 is 11.9 Å². The summed E-state index contributed by atoms with van der Waals surface area (Å²) in [5.41, 5.74) is -1.92. The molecule has 0 aliphatic rings. The zero-order valence-corrected chi connectivity index (χ0v) is 8.36. The van der Waals surface area contributed by atoms with Crippen LogP contribution in [0.25, 0.3) is 0 Å². The van der Waals surface area contributed by atoms with Crippen LogP contribution in [-0.4, -0.2) is 32.9 Å². The molecule has 0 heterocycles. The van der Waals surface area contributed by atoms with E-state index >= 15 is 0 Å². The lowest BCUT2D eigenvalue weighted by Crippen LogP contribution is -2.45. The zero-order valence-electron chi connectivity index (χ0n) is 8.36. The Kier molecular flexibility index (Phi) is 4.56. The van der Waals surface area contributed by atoms with Gasteiger partial charge in [0, 0.05) is 5.92 Å². The molecule has 0 amide bonds. The second-order valence-electron chi connectivity index (χ2n) is 3.48. The minimum absolute atomic E-state index is 0.0663. The Labute approximate surface area is 82.4 Å². The van der Waals surface area contributed by atoms with Crippen molar-refractivity contribution in [3.63, 3.8) is 0 Å². The molecule has 82 valence electrons. The molecular weight excluding hydrogens is 188 g/mol. The van der Waals surface area contributed by atoms with Gasteiger partial charge < -0.3 is 15.3 Å². The van der Waals surface area contributed by atoms with E-state index in [-0.39, 0.29) is 12.8 Å². The van der Waals surface area contributed by atoms with Crippen molar-refractivity contribution in [2.45, 2.75) is 38.7 Å². The van der Waals surface area contributed by atoms with Gasteiger partial charge in [0.05, 0.1) is 6.42 Å². The van der Waals surface area contributed by atoms with Gasteiger partial charge in [0.2, 0.25) is 0 Å². The predicted molar refractivity (Wildman–Crippen MR) is 48.9 cm³/mol. The average Bonchev–Trinajstić information content (AvgIpc) is 2.02. The lowest BCUT2D eigenvalue weighted by atomic mass is 9.83. The molecule has 0 aliphatic heterocycles. The Morgan fingerprint density at radius 1 is 1.36 bits per heavy atom. The van der Waals surface area contributed by atoms with Gasteiger partial charge in [-0.05, 0) is 6.42 Å². The number of rotatable bonds is 6. The van der Waals surface area contributed by atoms with E-state index in [0.29, 0.717) is 6.42 Å². The van der Waals surface area contributed by atoms with Crippen LogP contribution in [0.2, 0.25) is 0 Å². The summed E-state index contributed by atoms with van der Waals surface area (Å²) in [4.78, 5) is 21.2. The van der Waals surface area contributed by atoms with E-state index < -0.39 is 23.5 Å². The molecule has 0 aromatic rings. The number of hydrogen-bond donors (Lipinski definition) is 3. The fraction of sp³-hybridized carbons (Fsp3) is 0.778. The molecule has 2 unspecified atom stereocenters. The monoisotopic (exact) mass is 204 g/mol. The van der Waals surface area contributed by atoms with E-state index in [2.05, 4.69) is 0 Å². The predicted octanol–water partition coefficient (Wildman–Crippen LogP) is 0.713. The van der Waals surface area contributed by atoms with Crippen molar-refractivity contribution in [1.29, 1.82) is 0 Å². The van der Waals surface area contributed by atoms with Gasteiger partial charge in [-0.1, -0.05) is 20.3 Å². The van der Waals surface area contributed by atoms with E-state index in [4.69, 9.17) is 10.2 Å². The van der Waals surface area contributed by atoms with Gasteiger partial charge in [-0.3, -0.25) is 4.79 Å². The van der Waals surface area contributed by atoms with Gasteiger partial charge in [-0.25, -0.2) is 4.79 Å². The van der Waals surface area contributed by atoms with E-state index in [1.807, 2.05) is 0 Å². The summed E-state index contributed by atoms with van der Waals surface area (Å²) in [6.07, 6.45) is 0.215. The van der Waals surface area contributed by atoms with Gasteiger partial charge in [0.1, 0.15) is 0 Å². The number of carboxylic acid groups (broad SMARTS) is 2. The number of carbonyl (C=O) groups is 2. The lowest BCUT2D eigenvalue weighted by molar-refractivity contribution is -0.167. The Bertz CT molecular complexity index is 225. The van der Waals surface area contributed by atoms with Crippen molar-refractivity contribution in [1.82, 2.24) is 0 Å². The van der Waals surface area contributed by atoms with Crippen molar-refractivity contribution in [2.24, 2.45) is 5.92 Å². The molecule has 3 N–H and O–H groups in total. The highest BCUT2D eigenvalue weighted by Crippen LogP contribution is 2.26. The first kappa shape index (κ1) is 12.9. The van der Waals surface area contributed by atoms with Crippen LogP contribution in [0.5, 0.6) is 0 Å². The van der Waals surface area contributed by atoms with Crippen molar-refractivity contribution >= 4 is 11.9 Å². The molecular formula is C9H16O5. The van der Waals surface area contributed by atoms with E-state index in [0.717, 1.165) is 0 Å². The molecule has 0 aliphatic carbocycles. The molecule has 0 spiro atoms. The summed E-state index contributed by atoms with van der Waals surface area (Å²) in [6, 6.07) is 0. The minimum atomic E-state index is -1.92. The topological polar surface area (TPSA) is 94.8 Å². The Morgan fingerprint density at radius 3 is 2.14 bits per heavy atom. The molecule has 5 nitrogen and oxygen atoms in total. The molecule has 14 heavy (non-hydrogen) atoms. The first-order valence-electron chi connectivity index (χ1n) is 4.52. The number of aliphatic carboxylic acids is 2. The minimum Gasteiger partial charge on any atom is -0.481 e. The van der Waals surface area contributed by atoms with Crippen molar-refractivity contribution in [3.05, 3.63) is 0 Å². The number of aliphatic hydroxyl groups is 1. The van der Waals surface area contributed by atoms with Gasteiger partial charge in [-0.15, -0.1) is 0 Å². The van der Waals surface area contributed by atoms with Crippen LogP contribution in [0.15, 0.2) is 0 Å². The maximum absolute atomic E-state index is 10.8. The average molecular weight is 204 g/mol. The zero-order chi connectivity index (χ0) is 11.4. The summed E-state index contributed by atoms with van der Waals surface area (Å²) >= 11 is 0. The normalized spacial score (nSPS) is 17.1. The second-order valence-corrected chi connectivity index (χ2v) is 3.48. The largest absolute Gasteiger partial charge is 0.481 e. The third-order valence-electron chi connectivity index (χ3n) is 2.30. The van der Waals surface area contributed by atoms with E-state index in [1.165, 1.54) is 6.92 Å². The standard InChI is InChI=1S/C9H16O5/c1-3-4-9(14,8(12)13)6(2)5-7(10)11/h6,14H,3-5H2,1-2H3,(H,10,11)(H,12,13). The van der Waals surface area contributed by atoms with Crippen LogP contribution < -0.4 is 0 Å². The molecule has 0 saturated heterocycles. The molecule has 0 fully saturated rings. The molecule has 5 heteroatoms. The summed E-state index contributed by atoms with van der Waals surface area (Å²) < 4.78 is 0. The molecule has 0 saturated carbocycles. The Morgan fingerprint density at radius 2 is 1.86 bits per heavy atom. The highest BCUT2D eigenvalue weighted by Gasteiger charge is 2.41. The summed E-state index contributed by atoms with van der Waals surface area (Å²) in [6.45, 7) is 3.17. The highest BCUT2D eigenvalue weighted by molar-refractivity contribution is 5.78. The van der Waals surface area contributed by atoms with Crippen LogP contribution >= 0.6 is 0 Å². The highest BCUT2D eigenvalue weighted by atomic mass is 16.4. The lowest BCUT2D eigenvalue weighted by Gasteiger charge is -2.28. The van der Waals surface area contributed by atoms with E-state index in [1.54, 1.807) is 6.92 Å². The van der Waals surface area contributed by atoms with Gasteiger partial charge in [0.25, 0.3) is 0 Å². The molecule has 2 atom stereocenters. The van der Waals surface area contributed by atoms with Crippen LogP contribution in [-0.2, 0) is 9.59 Å². The number of hydrogen-bond acceptors (Lipinski definition) is 3. The maximum atomic E-state index is 10.8. The van der Waals surface area contributed by atoms with Crippen molar-refractivity contribution < 1.29 is 24.9 Å². The van der Waals surface area contributed by atoms with Gasteiger partial charge in [0.15, 0.2) is 5.60 Å². The Balaban J connectivity index is 4.63. The number of carboxylic acids is 2. The molecule has 0 bridgehead atoms. The summed E-state index contributed by atoms with van der Waals surface area (Å²) in [5, 5.41) is 27.0. The first-order chi connectivity index (χ1) is 6.34. The summed E-state index contributed by atoms with van der Waals surface area (Å²) in [5.74, 6) is -3.25. The maximum Gasteiger partial charge on any atom is 0.335 e. The quantitative estimate of drug-likeness (QED) is 0.592. The first-order valence-corrected chi connectivity index (χ1v) is 4.52. The third-order valence-corrected chi connectivity index (χ3v) is 2.30. The fourth-order valence-corrected chi connectivity index (χ4v) is 1.38. The Hall–Kier alpha value is -1.10. The van der Waals surface area contributed by atoms with Gasteiger partial charge in [-0.2, -0.15) is 0 Å². The van der Waals surface area contributed by atoms with Crippen molar-refractivity contribution in [2.75, 3.05) is 0 Å². The van der Waals surface area contributed by atoms with Crippen molar-refractivity contribution in [3.8, 4) is 0 Å². The molecule has 0 aromatic heterocycles. The molecule has 0 rings (SSSR count). The summed E-state index contributed by atoms with van der Waals surface area (Å²) in [7, 11) is 0. The van der Waals surface area contributed by atoms with E-state index in [9.17, 15) is 14.7 Å². The third kappa shape index (κ3) is 2.99. The SMILES string of the molecule is CCCC(O)(C(=O)O)C(C)CC(=O)O. The fourth-order valence-electron chi connectivity index (χ4n) is 1.38. The smallest absolute Gasteiger partial charge is 0.335 e. The molecule has 0 radical (unpaired) electrons. The molecule has 0 aromatic carbocycles. The second kappa shape index (κ2) is 4.95. The van der Waals surface area contributed by atoms with Crippen LogP contribution in [0, 0.1) is 5.92 Å². The van der Waals surface area contributed by atoms with Crippen LogP contribution in [0.1, 0.15) is 33.1 Å². The van der Waals surface area contributed by atoms with Crippen LogP contribution in [0.3, 0.4) is 0 Å².